The lowest BCUT2D eigenvalue weighted by Gasteiger charge is -2.00. The number of hydrogen-bond donors (Lipinski definition) is 2. The number of nitrogens with zero attached hydrogens (tertiary/aromatic N) is 1. The van der Waals surface area contributed by atoms with Gasteiger partial charge in [0.1, 0.15) is 0 Å². The van der Waals surface area contributed by atoms with Crippen LogP contribution >= 0.6 is 12.2 Å². The van der Waals surface area contributed by atoms with Gasteiger partial charge >= 0.3 is 0 Å². The van der Waals surface area contributed by atoms with Crippen LogP contribution in [0.2, 0.25) is 0 Å². The number of unbranched alkanes of at least 4 members (excludes halogenated alkanes) is 1. The van der Waals surface area contributed by atoms with E-state index in [9.17, 15) is 0 Å². The van der Waals surface area contributed by atoms with Crippen molar-refractivity contribution in [2.75, 3.05) is 6.54 Å². The molecule has 0 unspecified atom stereocenters. The Morgan fingerprint density at radius 2 is 2.44 bits per heavy atom. The zero-order valence-electron chi connectivity index (χ0n) is 5.55. The maximum Gasteiger partial charge on any atom is 0.179 e. The van der Waals surface area contributed by atoms with Crippen LogP contribution in [0, 0.1) is 0 Å². The minimum Gasteiger partial charge on any atom is -0.375 e. The second kappa shape index (κ2) is 5.78. The van der Waals surface area contributed by atoms with Crippen molar-refractivity contribution in [2.24, 2.45) is 5.73 Å². The molecule has 0 aromatic carbocycles. The zero-order valence-corrected chi connectivity index (χ0v) is 6.37. The van der Waals surface area contributed by atoms with E-state index in [1.165, 1.54) is 0 Å². The molecule has 1 radical (unpaired) electrons. The Hall–Kier alpha value is -0.350. The Morgan fingerprint density at radius 1 is 1.78 bits per heavy atom. The van der Waals surface area contributed by atoms with Crippen molar-refractivity contribution in [3.63, 3.8) is 0 Å². The standard InChI is InChI=1S/C5H12N3S/c1-2-3-4-7-8-5(6)9/h2-4H2,1H3,(H3,6,8,9). The zero-order chi connectivity index (χ0) is 7.11. The molecule has 3 N–H and O–H groups in total. The summed E-state index contributed by atoms with van der Waals surface area (Å²) in [4.78, 5) is 0. The SMILES string of the molecule is CCCC[N]NC(N)=S. The molecule has 3 nitrogen and oxygen atoms in total. The summed E-state index contributed by atoms with van der Waals surface area (Å²) in [5.74, 6) is 0. The van der Waals surface area contributed by atoms with Gasteiger partial charge in [-0.05, 0) is 18.6 Å². The first-order valence-electron chi connectivity index (χ1n) is 2.99. The van der Waals surface area contributed by atoms with Gasteiger partial charge in [-0.25, -0.2) is 0 Å². The molecule has 0 fully saturated rings. The molecule has 0 aromatic heterocycles. The van der Waals surface area contributed by atoms with Crippen LogP contribution in [0.3, 0.4) is 0 Å². The van der Waals surface area contributed by atoms with Crippen molar-refractivity contribution >= 4 is 17.3 Å². The quantitative estimate of drug-likeness (QED) is 0.337. The number of rotatable bonds is 4. The summed E-state index contributed by atoms with van der Waals surface area (Å²) in [6.07, 6.45) is 2.22. The van der Waals surface area contributed by atoms with E-state index in [0.717, 1.165) is 19.4 Å². The molecule has 53 valence electrons. The van der Waals surface area contributed by atoms with Crippen LogP contribution < -0.4 is 16.6 Å². The van der Waals surface area contributed by atoms with Gasteiger partial charge in [-0.2, -0.15) is 0 Å². The normalized spacial score (nSPS) is 9.00. The highest BCUT2D eigenvalue weighted by Gasteiger charge is 1.85. The predicted octanol–water partition coefficient (Wildman–Crippen LogP) is 0.139. The number of nitrogens with one attached hydrogen (secondary N) is 1. The average Bonchev–Trinajstić information content (AvgIpc) is 1.80. The lowest BCUT2D eigenvalue weighted by atomic mass is 10.3. The first kappa shape index (κ1) is 8.65. The van der Waals surface area contributed by atoms with Gasteiger partial charge in [-0.3, -0.25) is 5.43 Å². The van der Waals surface area contributed by atoms with E-state index in [1.807, 2.05) is 0 Å². The minimum absolute atomic E-state index is 0.242. The summed E-state index contributed by atoms with van der Waals surface area (Å²) in [6, 6.07) is 0. The van der Waals surface area contributed by atoms with E-state index >= 15 is 0 Å². The Kier molecular flexibility index (Phi) is 5.56. The highest BCUT2D eigenvalue weighted by Crippen LogP contribution is 1.80. The third-order valence-corrected chi connectivity index (χ3v) is 0.904. The van der Waals surface area contributed by atoms with Crippen molar-refractivity contribution in [1.29, 1.82) is 0 Å². The first-order chi connectivity index (χ1) is 4.27. The summed E-state index contributed by atoms with van der Waals surface area (Å²) in [5, 5.41) is 0.242. The summed E-state index contributed by atoms with van der Waals surface area (Å²) in [7, 11) is 0. The summed E-state index contributed by atoms with van der Waals surface area (Å²) in [6.45, 7) is 2.89. The third-order valence-electron chi connectivity index (χ3n) is 0.813. The molecule has 0 heterocycles. The maximum absolute atomic E-state index is 5.10. The molecular weight excluding hydrogens is 134 g/mol. The van der Waals surface area contributed by atoms with E-state index in [0.29, 0.717) is 0 Å². The van der Waals surface area contributed by atoms with Gasteiger partial charge in [0.2, 0.25) is 0 Å². The van der Waals surface area contributed by atoms with Crippen LogP contribution in [-0.4, -0.2) is 11.7 Å². The molecule has 4 heteroatoms. The van der Waals surface area contributed by atoms with Gasteiger partial charge < -0.3 is 5.73 Å². The predicted molar refractivity (Wildman–Crippen MR) is 41.8 cm³/mol. The number of thiocarbonyl (C=S) groups is 1. The Morgan fingerprint density at radius 3 is 2.89 bits per heavy atom. The van der Waals surface area contributed by atoms with E-state index < -0.39 is 0 Å². The molecule has 0 aliphatic carbocycles. The lowest BCUT2D eigenvalue weighted by molar-refractivity contribution is 0.601. The van der Waals surface area contributed by atoms with Crippen molar-refractivity contribution in [2.45, 2.75) is 19.8 Å². The van der Waals surface area contributed by atoms with Crippen molar-refractivity contribution < 1.29 is 0 Å². The van der Waals surface area contributed by atoms with Crippen molar-refractivity contribution in [3.8, 4) is 0 Å². The maximum atomic E-state index is 5.10. The molecule has 0 spiro atoms. The number of nitrogens with two attached hydrogens (primary N) is 1. The fourth-order valence-corrected chi connectivity index (χ4v) is 0.436. The second-order valence-corrected chi connectivity index (χ2v) is 2.15. The molecule has 0 aromatic rings. The fourth-order valence-electron chi connectivity index (χ4n) is 0.371. The van der Waals surface area contributed by atoms with Crippen LogP contribution in [0.4, 0.5) is 0 Å². The van der Waals surface area contributed by atoms with E-state index in [4.69, 9.17) is 5.73 Å². The lowest BCUT2D eigenvalue weighted by Crippen LogP contribution is -2.35. The van der Waals surface area contributed by atoms with Crippen LogP contribution in [-0.2, 0) is 0 Å². The van der Waals surface area contributed by atoms with E-state index in [2.05, 4.69) is 30.0 Å². The highest BCUT2D eigenvalue weighted by atomic mass is 32.1. The van der Waals surface area contributed by atoms with E-state index in [-0.39, 0.29) is 5.11 Å². The molecule has 0 saturated heterocycles. The molecule has 0 amide bonds. The topological polar surface area (TPSA) is 52.2 Å². The van der Waals surface area contributed by atoms with E-state index in [1.54, 1.807) is 0 Å². The second-order valence-electron chi connectivity index (χ2n) is 1.71. The fraction of sp³-hybridized carbons (Fsp3) is 0.800. The molecule has 0 atom stereocenters. The Bertz CT molecular complexity index is 84.3. The molecule has 0 aliphatic heterocycles. The summed E-state index contributed by atoms with van der Waals surface area (Å²) < 4.78 is 0. The van der Waals surface area contributed by atoms with Gasteiger partial charge in [0.25, 0.3) is 0 Å². The van der Waals surface area contributed by atoms with Crippen LogP contribution in [0.15, 0.2) is 0 Å². The Balaban J connectivity index is 2.83. The van der Waals surface area contributed by atoms with Crippen LogP contribution in [0.5, 0.6) is 0 Å². The first-order valence-corrected chi connectivity index (χ1v) is 3.40. The van der Waals surface area contributed by atoms with Crippen molar-refractivity contribution in [3.05, 3.63) is 0 Å². The minimum atomic E-state index is 0.242. The van der Waals surface area contributed by atoms with Crippen molar-refractivity contribution in [1.82, 2.24) is 10.9 Å². The molecule has 0 aliphatic rings. The highest BCUT2D eigenvalue weighted by molar-refractivity contribution is 7.80. The van der Waals surface area contributed by atoms with Gasteiger partial charge in [-0.15, -0.1) is 5.43 Å². The monoisotopic (exact) mass is 146 g/mol. The van der Waals surface area contributed by atoms with Gasteiger partial charge in [0.15, 0.2) is 5.11 Å². The van der Waals surface area contributed by atoms with Gasteiger partial charge in [-0.1, -0.05) is 13.3 Å². The third kappa shape index (κ3) is 7.65. The average molecular weight is 146 g/mol. The van der Waals surface area contributed by atoms with Crippen LogP contribution in [0.25, 0.3) is 0 Å². The largest absolute Gasteiger partial charge is 0.375 e. The molecular formula is C5H12N3S. The Labute approximate surface area is 61.0 Å². The van der Waals surface area contributed by atoms with Crippen LogP contribution in [0.1, 0.15) is 19.8 Å². The smallest absolute Gasteiger partial charge is 0.179 e. The summed E-state index contributed by atoms with van der Waals surface area (Å²) >= 11 is 4.52. The van der Waals surface area contributed by atoms with Gasteiger partial charge in [0.05, 0.1) is 0 Å². The molecule has 9 heavy (non-hydrogen) atoms. The molecule has 0 saturated carbocycles. The summed E-state index contributed by atoms with van der Waals surface area (Å²) in [5.41, 5.74) is 11.5. The number of hydrogen-bond acceptors (Lipinski definition) is 1. The molecule has 0 rings (SSSR count). The van der Waals surface area contributed by atoms with Gasteiger partial charge in [0, 0.05) is 6.54 Å². The molecule has 0 bridgehead atoms.